The first-order chi connectivity index (χ1) is 51.9. The van der Waals surface area contributed by atoms with Crippen LogP contribution in [0.15, 0.2) is 0 Å². The number of hydrogen-bond donors (Lipinski definition) is 27. The second kappa shape index (κ2) is 49.3. The van der Waals surface area contributed by atoms with E-state index in [0.29, 0.717) is 57.8 Å². The van der Waals surface area contributed by atoms with Gasteiger partial charge in [0.15, 0.2) is 37.7 Å². The van der Waals surface area contributed by atoms with Crippen molar-refractivity contribution in [2.24, 2.45) is 0 Å². The average Bonchev–Trinajstić information content (AvgIpc) is 0.791. The topological polar surface area (TPSA) is 712 Å². The van der Waals surface area contributed by atoms with Crippen LogP contribution in [0.25, 0.3) is 0 Å². The predicted octanol–water partition coefficient (Wildman–Crippen LogP) is -14.5. The van der Waals surface area contributed by atoms with E-state index in [1.165, 1.54) is 4.90 Å². The van der Waals surface area contributed by atoms with Crippen molar-refractivity contribution in [2.75, 3.05) is 105 Å². The molecular weight excluding hydrogens is 1480 g/mol. The van der Waals surface area contributed by atoms with Crippen molar-refractivity contribution in [1.29, 1.82) is 0 Å². The number of aliphatic hydroxyl groups is 21. The van der Waals surface area contributed by atoms with Crippen molar-refractivity contribution in [2.45, 2.75) is 262 Å². The van der Waals surface area contributed by atoms with E-state index in [4.69, 9.17) is 57.2 Å². The minimum absolute atomic E-state index is 0.00144. The van der Waals surface area contributed by atoms with Crippen LogP contribution in [0, 0.1) is 0 Å². The Morgan fingerprint density at radius 1 is 0.367 bits per heavy atom. The zero-order valence-corrected chi connectivity index (χ0v) is 60.0. The molecule has 0 aromatic rings. The fourth-order valence-electron chi connectivity index (χ4n) is 12.0. The highest BCUT2D eigenvalue weighted by molar-refractivity contribution is 5.84. The average molecular weight is 1590 g/mol. The number of carbonyl (C=O) groups is 6. The summed E-state index contributed by atoms with van der Waals surface area (Å²) in [6.07, 6.45) is -48.7. The van der Waals surface area contributed by atoms with Crippen LogP contribution >= 0.6 is 0 Å². The third-order valence-electron chi connectivity index (χ3n) is 18.5. The molecule has 5 aliphatic rings. The summed E-state index contributed by atoms with van der Waals surface area (Å²) >= 11 is 0. The molecule has 29 unspecified atom stereocenters. The lowest BCUT2D eigenvalue weighted by Gasteiger charge is -2.46. The molecule has 0 spiro atoms. The van der Waals surface area contributed by atoms with Gasteiger partial charge in [-0.3, -0.25) is 33.7 Å². The molecule has 0 saturated carbocycles. The van der Waals surface area contributed by atoms with Crippen LogP contribution in [0.4, 0.5) is 0 Å². The Morgan fingerprint density at radius 3 is 1.18 bits per heavy atom. The number of aliphatic hydroxyl groups excluding tert-OH is 21. The molecule has 27 N–H and O–H groups in total. The summed E-state index contributed by atoms with van der Waals surface area (Å²) in [5, 5.41) is 240. The predicted molar refractivity (Wildman–Crippen MR) is 356 cm³/mol. The molecule has 5 saturated heterocycles. The van der Waals surface area contributed by atoms with Crippen LogP contribution in [0.5, 0.6) is 0 Å². The first-order valence-electron chi connectivity index (χ1n) is 36.2. The molecule has 0 radical (unpaired) electrons. The van der Waals surface area contributed by atoms with Gasteiger partial charge in [0, 0.05) is 52.0 Å². The third-order valence-corrected chi connectivity index (χ3v) is 18.5. The summed E-state index contributed by atoms with van der Waals surface area (Å²) < 4.78 is 60.3. The van der Waals surface area contributed by atoms with Crippen molar-refractivity contribution in [3.63, 3.8) is 0 Å². The van der Waals surface area contributed by atoms with Gasteiger partial charge in [-0.15, -0.1) is 0 Å². The van der Waals surface area contributed by atoms with Gasteiger partial charge in [-0.1, -0.05) is 19.3 Å². The highest BCUT2D eigenvalue weighted by Gasteiger charge is 2.53. The number of unbranched alkanes of at least 4 members (excludes halogenated alkanes) is 6. The van der Waals surface area contributed by atoms with Gasteiger partial charge in [0.1, 0.15) is 134 Å². The van der Waals surface area contributed by atoms with Gasteiger partial charge < -0.3 is 191 Å². The number of nitrogens with one attached hydrogen (secondary N) is 5. The first kappa shape index (κ1) is 95.1. The summed E-state index contributed by atoms with van der Waals surface area (Å²) in [4.78, 5) is 77.0. The van der Waals surface area contributed by atoms with Crippen molar-refractivity contribution in [3.8, 4) is 0 Å². The van der Waals surface area contributed by atoms with Crippen molar-refractivity contribution < 1.29 is 193 Å². The second-order valence-electron chi connectivity index (χ2n) is 26.9. The number of ether oxygens (including phenoxy) is 11. The summed E-state index contributed by atoms with van der Waals surface area (Å²) in [6.45, 7) is -6.27. The quantitative estimate of drug-likeness (QED) is 0.0199. The maximum atomic E-state index is 13.2. The van der Waals surface area contributed by atoms with Gasteiger partial charge in [0.2, 0.25) is 29.5 Å². The maximum absolute atomic E-state index is 13.2. The molecule has 5 heterocycles. The molecule has 0 aliphatic carbocycles. The van der Waals surface area contributed by atoms with Crippen LogP contribution in [-0.2, 0) is 80.9 Å². The lowest BCUT2D eigenvalue weighted by molar-refractivity contribution is -0.366. The molecular formula is C64H114N6O39. The van der Waals surface area contributed by atoms with Gasteiger partial charge in [-0.05, 0) is 44.9 Å². The van der Waals surface area contributed by atoms with E-state index in [2.05, 4.69) is 26.6 Å². The number of hydrogen-bond acceptors (Lipinski definition) is 39. The molecule has 5 amide bonds. The van der Waals surface area contributed by atoms with Crippen LogP contribution < -0.4 is 26.6 Å². The molecule has 29 atom stereocenters. The normalized spacial score (nSPS) is 34.0. The van der Waals surface area contributed by atoms with Crippen LogP contribution in [0.1, 0.15) is 83.5 Å². The van der Waals surface area contributed by atoms with Crippen LogP contribution in [-0.4, -0.2) is 436 Å². The van der Waals surface area contributed by atoms with Gasteiger partial charge in [-0.2, -0.15) is 0 Å². The summed E-state index contributed by atoms with van der Waals surface area (Å²) in [5.41, 5.74) is 0. The molecule has 0 bridgehead atoms. The van der Waals surface area contributed by atoms with E-state index in [1.54, 1.807) is 0 Å². The van der Waals surface area contributed by atoms with E-state index in [9.17, 15) is 136 Å². The number of carbonyl (C=O) groups excluding carboxylic acids is 5. The molecule has 5 aliphatic heterocycles. The molecule has 45 nitrogen and oxygen atoms in total. The summed E-state index contributed by atoms with van der Waals surface area (Å²) in [6, 6.07) is 0. The largest absolute Gasteiger partial charge is 0.481 e. The van der Waals surface area contributed by atoms with Gasteiger partial charge >= 0.3 is 5.97 Å². The molecule has 634 valence electrons. The number of amides is 5. The Hall–Kier alpha value is -4.50. The van der Waals surface area contributed by atoms with E-state index < -0.39 is 266 Å². The minimum Gasteiger partial charge on any atom is -0.481 e. The fourth-order valence-corrected chi connectivity index (χ4v) is 12.0. The van der Waals surface area contributed by atoms with E-state index in [0.717, 1.165) is 0 Å². The number of aliphatic carboxylic acids is 1. The SMILES string of the molecule is O=C(O)CCCCCNC(=O)CN(CC(=O)NCCCCCC(=O)NCCOC(O)C(O)C(OC1OC(CO)C(O)C(O)C1O)C(O)CCOC1OC(CO)C(O)C(O)C1O)CC(=O)NCCCCCC(=O)NCCOC1OC(COC2OC(CO)C(O)C(O)C2O)C(O)C(OC2OC(CO)C(O)C(O)C2O)C1O. The fraction of sp³-hybridized carbons (Fsp3) is 0.906. The van der Waals surface area contributed by atoms with Gasteiger partial charge in [-0.25, -0.2) is 0 Å². The molecule has 45 heteroatoms. The zero-order valence-electron chi connectivity index (χ0n) is 60.0. The highest BCUT2D eigenvalue weighted by Crippen LogP contribution is 2.32. The molecule has 5 fully saturated rings. The zero-order chi connectivity index (χ0) is 80.6. The van der Waals surface area contributed by atoms with E-state index in [-0.39, 0.29) is 78.2 Å². The lowest BCUT2D eigenvalue weighted by atomic mass is 9.96. The summed E-state index contributed by atoms with van der Waals surface area (Å²) in [7, 11) is 0. The molecule has 109 heavy (non-hydrogen) atoms. The molecule has 0 aromatic carbocycles. The Kier molecular flexibility index (Phi) is 43.0. The number of carboxylic acids is 1. The number of rotatable bonds is 50. The van der Waals surface area contributed by atoms with E-state index >= 15 is 0 Å². The smallest absolute Gasteiger partial charge is 0.303 e. The minimum atomic E-state index is -2.19. The van der Waals surface area contributed by atoms with Crippen molar-refractivity contribution >= 4 is 35.5 Å². The standard InChI is InChI=1S/C64H114N6O39/c71-25-31-42(83)47(88)51(92)60(103-31)100-19-13-30(75)57(108-63-53(94)49(90)44(85)33(27-73)105-63)55(96)59(98)99-20-17-68-36(76)10-4-1-7-14-65-38(78)22-70(24-40(80)67-16-9-3-6-12-41(81)82)23-39(79)66-15-8-2-5-11-37(77)69-18-21-101-62-56(97)58(109-64-54(95)50(91)45(86)34(28-74)106-64)46(87)35(107-62)29-102-61-52(93)48(89)43(84)32(26-72)104-61/h30-35,42-64,71-75,83-98H,1-29H2,(H,65,78)(H,66,79)(H,67,80)(H,68,76)(H,69,77)(H,81,82). The monoisotopic (exact) mass is 1590 g/mol. The van der Waals surface area contributed by atoms with Crippen molar-refractivity contribution in [1.82, 2.24) is 31.5 Å². The molecule has 0 aromatic heterocycles. The Morgan fingerprint density at radius 2 is 0.734 bits per heavy atom. The van der Waals surface area contributed by atoms with Gasteiger partial charge in [0.05, 0.1) is 78.6 Å². The third kappa shape index (κ3) is 30.3. The second-order valence-corrected chi connectivity index (χ2v) is 26.9. The lowest BCUT2D eigenvalue weighted by Crippen LogP contribution is -2.65. The number of carboxylic acid groups (broad SMARTS) is 1. The van der Waals surface area contributed by atoms with Gasteiger partial charge in [0.25, 0.3) is 0 Å². The Bertz CT molecular complexity index is 2640. The summed E-state index contributed by atoms with van der Waals surface area (Å²) in [5.74, 6) is -3.42. The number of nitrogens with zero attached hydrogens (tertiary/aromatic N) is 1. The van der Waals surface area contributed by atoms with E-state index in [1.807, 2.05) is 0 Å². The Labute approximate surface area is 625 Å². The maximum Gasteiger partial charge on any atom is 0.303 e. The Balaban J connectivity index is 1.01. The van der Waals surface area contributed by atoms with Crippen molar-refractivity contribution in [3.05, 3.63) is 0 Å². The first-order valence-corrected chi connectivity index (χ1v) is 36.2. The molecule has 5 rings (SSSR count). The van der Waals surface area contributed by atoms with Crippen LogP contribution in [0.3, 0.4) is 0 Å². The highest BCUT2D eigenvalue weighted by atomic mass is 16.8. The van der Waals surface area contributed by atoms with Crippen LogP contribution in [0.2, 0.25) is 0 Å².